The number of fused-ring (bicyclic) bond motifs is 3. The first-order valence-corrected chi connectivity index (χ1v) is 10.5. The largest absolute Gasteiger partial charge is 0.369 e. The van der Waals surface area contributed by atoms with Gasteiger partial charge in [0.15, 0.2) is 0 Å². The second-order valence-corrected chi connectivity index (χ2v) is 8.46. The lowest BCUT2D eigenvalue weighted by Gasteiger charge is -2.29. The number of aromatic nitrogens is 1. The zero-order valence-corrected chi connectivity index (χ0v) is 16.3. The van der Waals surface area contributed by atoms with Crippen molar-refractivity contribution in [1.82, 2.24) is 15.2 Å². The molecule has 6 rings (SSSR count). The van der Waals surface area contributed by atoms with Crippen molar-refractivity contribution in [1.29, 1.82) is 0 Å². The van der Waals surface area contributed by atoms with Crippen molar-refractivity contribution in [3.8, 4) is 0 Å². The van der Waals surface area contributed by atoms with Crippen LogP contribution in [0.4, 0.5) is 5.69 Å². The minimum atomic E-state index is 0.170. The Morgan fingerprint density at radius 2 is 1.97 bits per heavy atom. The maximum Gasteiger partial charge on any atom is 0.256 e. The molecule has 5 nitrogen and oxygen atoms in total. The van der Waals surface area contributed by atoms with E-state index < -0.39 is 0 Å². The van der Waals surface area contributed by atoms with E-state index in [1.165, 1.54) is 0 Å². The van der Waals surface area contributed by atoms with Crippen LogP contribution in [-0.2, 0) is 13.0 Å². The molecule has 29 heavy (non-hydrogen) atoms. The number of pyridine rings is 1. The Morgan fingerprint density at radius 3 is 2.79 bits per heavy atom. The van der Waals surface area contributed by atoms with Crippen molar-refractivity contribution in [3.05, 3.63) is 71.4 Å². The molecule has 2 fully saturated rings. The number of carbonyl (C=O) groups is 1. The average molecular weight is 384 g/mol. The van der Waals surface area contributed by atoms with Gasteiger partial charge in [-0.2, -0.15) is 0 Å². The van der Waals surface area contributed by atoms with Gasteiger partial charge in [0.05, 0.1) is 11.1 Å². The smallest absolute Gasteiger partial charge is 0.256 e. The zero-order valence-electron chi connectivity index (χ0n) is 16.3. The SMILES string of the molecule is O=C1c2c(cccc2N2CC3CNC3C2)CN1CCc1ccc2ccccc2n1. The van der Waals surface area contributed by atoms with Crippen molar-refractivity contribution in [2.24, 2.45) is 5.92 Å². The van der Waals surface area contributed by atoms with Gasteiger partial charge >= 0.3 is 0 Å². The third kappa shape index (κ3) is 2.80. The highest BCUT2D eigenvalue weighted by atomic mass is 16.2. The maximum atomic E-state index is 13.2. The summed E-state index contributed by atoms with van der Waals surface area (Å²) in [7, 11) is 0. The van der Waals surface area contributed by atoms with E-state index in [1.807, 2.05) is 23.1 Å². The lowest BCUT2D eigenvalue weighted by Crippen LogP contribution is -2.51. The Bertz CT molecular complexity index is 1100. The number of para-hydroxylation sites is 1. The number of amides is 1. The Kier molecular flexibility index (Phi) is 3.84. The summed E-state index contributed by atoms with van der Waals surface area (Å²) in [6.45, 7) is 4.58. The van der Waals surface area contributed by atoms with Gasteiger partial charge in [0, 0.05) is 67.9 Å². The summed E-state index contributed by atoms with van der Waals surface area (Å²) in [4.78, 5) is 22.4. The Labute approximate surface area is 170 Å². The predicted molar refractivity (Wildman–Crippen MR) is 114 cm³/mol. The molecule has 3 aliphatic heterocycles. The molecule has 2 atom stereocenters. The van der Waals surface area contributed by atoms with E-state index in [1.54, 1.807) is 0 Å². The Hall–Kier alpha value is -2.92. The molecule has 1 amide bonds. The van der Waals surface area contributed by atoms with Crippen LogP contribution >= 0.6 is 0 Å². The van der Waals surface area contributed by atoms with E-state index in [4.69, 9.17) is 4.98 Å². The fraction of sp³-hybridized carbons (Fsp3) is 0.333. The summed E-state index contributed by atoms with van der Waals surface area (Å²) in [6.07, 6.45) is 0.775. The molecule has 3 aromatic rings. The number of anilines is 1. The molecule has 5 heteroatoms. The van der Waals surface area contributed by atoms with Gasteiger partial charge in [-0.3, -0.25) is 9.78 Å². The minimum absolute atomic E-state index is 0.170. The highest BCUT2D eigenvalue weighted by molar-refractivity contribution is 6.03. The van der Waals surface area contributed by atoms with Crippen LogP contribution in [0.3, 0.4) is 0 Å². The van der Waals surface area contributed by atoms with Crippen LogP contribution in [0.15, 0.2) is 54.6 Å². The normalized spacial score (nSPS) is 22.7. The van der Waals surface area contributed by atoms with E-state index in [0.29, 0.717) is 19.1 Å². The maximum absolute atomic E-state index is 13.2. The summed E-state index contributed by atoms with van der Waals surface area (Å²) in [5.74, 6) is 0.904. The van der Waals surface area contributed by atoms with Crippen LogP contribution in [-0.4, -0.2) is 48.0 Å². The first kappa shape index (κ1) is 17.0. The molecule has 1 N–H and O–H groups in total. The lowest BCUT2D eigenvalue weighted by molar-refractivity contribution is 0.0780. The summed E-state index contributed by atoms with van der Waals surface area (Å²) in [5.41, 5.74) is 5.25. The highest BCUT2D eigenvalue weighted by Gasteiger charge is 2.41. The number of benzene rings is 2. The molecule has 2 unspecified atom stereocenters. The van der Waals surface area contributed by atoms with Crippen LogP contribution in [0.1, 0.15) is 21.6 Å². The second-order valence-electron chi connectivity index (χ2n) is 8.46. The van der Waals surface area contributed by atoms with Gasteiger partial charge in [-0.25, -0.2) is 0 Å². The fourth-order valence-corrected chi connectivity index (χ4v) is 4.99. The molecule has 1 aromatic heterocycles. The van der Waals surface area contributed by atoms with Gasteiger partial charge in [0.2, 0.25) is 0 Å². The Morgan fingerprint density at radius 1 is 1.03 bits per heavy atom. The number of carbonyl (C=O) groups excluding carboxylic acids is 1. The minimum Gasteiger partial charge on any atom is -0.369 e. The first-order chi connectivity index (χ1) is 14.3. The molecule has 3 aliphatic rings. The molecule has 0 spiro atoms. The summed E-state index contributed by atoms with van der Waals surface area (Å²) in [6, 6.07) is 19.3. The molecular weight excluding hydrogens is 360 g/mol. The Balaban J connectivity index is 1.20. The lowest BCUT2D eigenvalue weighted by atomic mass is 9.96. The van der Waals surface area contributed by atoms with Gasteiger partial charge in [0.1, 0.15) is 0 Å². The van der Waals surface area contributed by atoms with Gasteiger partial charge in [-0.1, -0.05) is 36.4 Å². The highest BCUT2D eigenvalue weighted by Crippen LogP contribution is 2.36. The van der Waals surface area contributed by atoms with Gasteiger partial charge in [-0.05, 0) is 23.8 Å². The summed E-state index contributed by atoms with van der Waals surface area (Å²) < 4.78 is 0. The summed E-state index contributed by atoms with van der Waals surface area (Å²) >= 11 is 0. The fourth-order valence-electron chi connectivity index (χ4n) is 4.99. The molecule has 0 radical (unpaired) electrons. The van der Waals surface area contributed by atoms with Gasteiger partial charge < -0.3 is 15.1 Å². The number of hydrogen-bond acceptors (Lipinski definition) is 4. The van der Waals surface area contributed by atoms with Crippen molar-refractivity contribution in [3.63, 3.8) is 0 Å². The van der Waals surface area contributed by atoms with Crippen molar-refractivity contribution in [2.75, 3.05) is 31.1 Å². The predicted octanol–water partition coefficient (Wildman–Crippen LogP) is 2.84. The topological polar surface area (TPSA) is 48.5 Å². The number of rotatable bonds is 4. The van der Waals surface area contributed by atoms with Crippen molar-refractivity contribution >= 4 is 22.5 Å². The molecular formula is C24H24N4O. The van der Waals surface area contributed by atoms with Crippen molar-refractivity contribution < 1.29 is 4.79 Å². The van der Waals surface area contributed by atoms with Gasteiger partial charge in [0.25, 0.3) is 5.91 Å². The molecule has 146 valence electrons. The third-order valence-electron chi connectivity index (χ3n) is 6.71. The molecule has 4 heterocycles. The number of nitrogens with zero attached hydrogens (tertiary/aromatic N) is 3. The average Bonchev–Trinajstić information content (AvgIpc) is 3.22. The van der Waals surface area contributed by atoms with Crippen LogP contribution in [0.2, 0.25) is 0 Å². The van der Waals surface area contributed by atoms with Gasteiger partial charge in [-0.15, -0.1) is 0 Å². The van der Waals surface area contributed by atoms with Crippen LogP contribution in [0, 0.1) is 5.92 Å². The van der Waals surface area contributed by atoms with E-state index in [2.05, 4.69) is 46.6 Å². The van der Waals surface area contributed by atoms with E-state index in [-0.39, 0.29) is 5.91 Å². The van der Waals surface area contributed by atoms with Crippen LogP contribution in [0.25, 0.3) is 10.9 Å². The number of hydrogen-bond donors (Lipinski definition) is 1. The summed E-state index contributed by atoms with van der Waals surface area (Å²) in [5, 5.41) is 4.65. The van der Waals surface area contributed by atoms with Crippen LogP contribution in [0.5, 0.6) is 0 Å². The first-order valence-electron chi connectivity index (χ1n) is 10.5. The van der Waals surface area contributed by atoms with Crippen molar-refractivity contribution in [2.45, 2.75) is 19.0 Å². The number of nitrogens with one attached hydrogen (secondary N) is 1. The van der Waals surface area contributed by atoms with E-state index in [0.717, 1.165) is 65.4 Å². The van der Waals surface area contributed by atoms with E-state index >= 15 is 0 Å². The molecule has 0 bridgehead atoms. The molecule has 2 saturated heterocycles. The quantitative estimate of drug-likeness (QED) is 0.752. The van der Waals surface area contributed by atoms with Crippen LogP contribution < -0.4 is 10.2 Å². The molecule has 0 saturated carbocycles. The standard InChI is InChI=1S/C24H24N4O/c29-24-23-17(5-3-7-22(23)28-14-18-12-25-21(18)15-28)13-27(24)11-10-19-9-8-16-4-1-2-6-20(16)26-19/h1-9,18,21,25H,10-15H2. The second kappa shape index (κ2) is 6.56. The zero-order chi connectivity index (χ0) is 19.4. The monoisotopic (exact) mass is 384 g/mol. The molecule has 2 aromatic carbocycles. The third-order valence-corrected chi connectivity index (χ3v) is 6.71. The van der Waals surface area contributed by atoms with E-state index in [9.17, 15) is 4.79 Å². The molecule has 0 aliphatic carbocycles.